The predicted octanol–water partition coefficient (Wildman–Crippen LogP) is 3.99. The van der Waals surface area contributed by atoms with Gasteiger partial charge in [0, 0.05) is 11.4 Å². The van der Waals surface area contributed by atoms with Gasteiger partial charge in [-0.3, -0.25) is 18.6 Å². The highest BCUT2D eigenvalue weighted by Crippen LogP contribution is 2.30. The molecular weight excluding hydrogens is 474 g/mol. The van der Waals surface area contributed by atoms with Crippen molar-refractivity contribution in [2.24, 2.45) is 0 Å². The summed E-state index contributed by atoms with van der Waals surface area (Å²) in [6.45, 7) is 6.50. The molecule has 0 aliphatic heterocycles. The van der Waals surface area contributed by atoms with Crippen LogP contribution in [0.4, 0.5) is 5.00 Å². The van der Waals surface area contributed by atoms with Crippen LogP contribution in [0, 0.1) is 0 Å². The number of para-hydroxylation sites is 1. The van der Waals surface area contributed by atoms with Crippen molar-refractivity contribution in [3.05, 3.63) is 51.1 Å². The van der Waals surface area contributed by atoms with E-state index in [1.807, 2.05) is 36.4 Å². The molecule has 0 saturated carbocycles. The molecule has 11 heteroatoms. The summed E-state index contributed by atoms with van der Waals surface area (Å²) in [6, 6.07) is 9.06. The fourth-order valence-electron chi connectivity index (χ4n) is 3.61. The molecule has 9 nitrogen and oxygen atoms in total. The number of aryl methyl sites for hydroxylation is 2. The first kappa shape index (κ1) is 24.0. The van der Waals surface area contributed by atoms with E-state index < -0.39 is 5.97 Å². The maximum atomic E-state index is 12.9. The van der Waals surface area contributed by atoms with Crippen LogP contribution in [0.3, 0.4) is 0 Å². The third-order valence-corrected chi connectivity index (χ3v) is 7.26. The van der Waals surface area contributed by atoms with E-state index in [4.69, 9.17) is 4.74 Å². The molecule has 0 spiro atoms. The number of benzene rings is 1. The Morgan fingerprint density at radius 2 is 1.97 bits per heavy atom. The second-order valence-electron chi connectivity index (χ2n) is 7.46. The van der Waals surface area contributed by atoms with Crippen molar-refractivity contribution in [3.8, 4) is 0 Å². The molecule has 0 saturated heterocycles. The Morgan fingerprint density at radius 3 is 2.71 bits per heavy atom. The largest absolute Gasteiger partial charge is 0.462 e. The van der Waals surface area contributed by atoms with Gasteiger partial charge in [-0.15, -0.1) is 21.5 Å². The molecule has 0 bridgehead atoms. The summed E-state index contributed by atoms with van der Waals surface area (Å²) in [7, 11) is 0. The van der Waals surface area contributed by atoms with Crippen LogP contribution in [-0.2, 0) is 22.5 Å². The number of aromatic nitrogens is 4. The summed E-state index contributed by atoms with van der Waals surface area (Å²) < 4.78 is 8.55. The Balaban J connectivity index is 1.60. The third kappa shape index (κ3) is 4.58. The summed E-state index contributed by atoms with van der Waals surface area (Å²) in [6.07, 6.45) is 1.52. The average Bonchev–Trinajstić information content (AvgIpc) is 3.45. The van der Waals surface area contributed by atoms with Gasteiger partial charge < -0.3 is 10.1 Å². The van der Waals surface area contributed by atoms with E-state index >= 15 is 0 Å². The van der Waals surface area contributed by atoms with Gasteiger partial charge in [0.2, 0.25) is 11.7 Å². The second-order valence-corrected chi connectivity index (χ2v) is 9.54. The Kier molecular flexibility index (Phi) is 7.32. The molecule has 0 unspecified atom stereocenters. The monoisotopic (exact) mass is 499 g/mol. The summed E-state index contributed by atoms with van der Waals surface area (Å²) in [4.78, 5) is 39.0. The summed E-state index contributed by atoms with van der Waals surface area (Å²) >= 11 is 2.58. The van der Waals surface area contributed by atoms with Gasteiger partial charge >= 0.3 is 5.97 Å². The normalized spacial score (nSPS) is 11.3. The van der Waals surface area contributed by atoms with Crippen molar-refractivity contribution in [2.45, 2.75) is 45.3 Å². The summed E-state index contributed by atoms with van der Waals surface area (Å²) in [5.41, 5.74) is 0.949. The van der Waals surface area contributed by atoms with Crippen molar-refractivity contribution >= 4 is 56.7 Å². The van der Waals surface area contributed by atoms with Crippen molar-refractivity contribution < 1.29 is 14.3 Å². The first-order chi connectivity index (χ1) is 16.5. The van der Waals surface area contributed by atoms with E-state index in [0.717, 1.165) is 17.7 Å². The number of rotatable bonds is 9. The van der Waals surface area contributed by atoms with Crippen LogP contribution in [-0.4, -0.2) is 43.4 Å². The van der Waals surface area contributed by atoms with Crippen LogP contribution >= 0.6 is 23.1 Å². The van der Waals surface area contributed by atoms with Crippen LogP contribution in [0.15, 0.2) is 40.3 Å². The van der Waals surface area contributed by atoms with Gasteiger partial charge in [0.25, 0.3) is 5.56 Å². The third-order valence-electron chi connectivity index (χ3n) is 5.14. The van der Waals surface area contributed by atoms with Gasteiger partial charge in [0.15, 0.2) is 5.16 Å². The summed E-state index contributed by atoms with van der Waals surface area (Å²) in [5.74, 6) is -0.221. The average molecular weight is 500 g/mol. The SMILES string of the molecule is CCCn1c(=O)c2ccccc2n2c(SCC(=O)Nc3sc(CC)cc3C(=O)OCC)nnc12. The number of ether oxygens (including phenoxy) is 1. The molecule has 4 rings (SSSR count). The molecule has 3 aromatic heterocycles. The minimum absolute atomic E-state index is 0.0592. The Bertz CT molecular complexity index is 1420. The number of fused-ring (bicyclic) bond motifs is 3. The van der Waals surface area contributed by atoms with Gasteiger partial charge in [0.1, 0.15) is 5.00 Å². The van der Waals surface area contributed by atoms with Crippen LogP contribution in [0.5, 0.6) is 0 Å². The van der Waals surface area contributed by atoms with E-state index in [9.17, 15) is 14.4 Å². The standard InChI is InChI=1S/C23H25N5O4S2/c1-4-11-27-20(30)15-9-7-8-10-17(15)28-22(27)25-26-23(28)33-13-18(29)24-19-16(21(31)32-6-3)12-14(5-2)34-19/h7-10,12H,4-6,11,13H2,1-3H3,(H,24,29). The maximum Gasteiger partial charge on any atom is 0.341 e. The van der Waals surface area contributed by atoms with E-state index in [-0.39, 0.29) is 23.8 Å². The minimum atomic E-state index is -0.454. The lowest BCUT2D eigenvalue weighted by molar-refractivity contribution is -0.113. The van der Waals surface area contributed by atoms with E-state index in [1.165, 1.54) is 23.1 Å². The molecule has 178 valence electrons. The minimum Gasteiger partial charge on any atom is -0.462 e. The highest BCUT2D eigenvalue weighted by atomic mass is 32.2. The number of esters is 1. The number of thiophene rings is 1. The number of hydrogen-bond acceptors (Lipinski definition) is 8. The predicted molar refractivity (Wildman–Crippen MR) is 134 cm³/mol. The quantitative estimate of drug-likeness (QED) is 0.274. The molecule has 0 radical (unpaired) electrons. The van der Waals surface area contributed by atoms with Gasteiger partial charge in [0.05, 0.1) is 28.8 Å². The lowest BCUT2D eigenvalue weighted by atomic mass is 10.2. The van der Waals surface area contributed by atoms with Gasteiger partial charge in [-0.25, -0.2) is 4.79 Å². The smallest absolute Gasteiger partial charge is 0.341 e. The van der Waals surface area contributed by atoms with Crippen LogP contribution in [0.2, 0.25) is 0 Å². The fraction of sp³-hybridized carbons (Fsp3) is 0.348. The van der Waals surface area contributed by atoms with Gasteiger partial charge in [-0.2, -0.15) is 0 Å². The molecule has 1 aromatic carbocycles. The highest BCUT2D eigenvalue weighted by Gasteiger charge is 2.20. The molecule has 1 amide bonds. The van der Waals surface area contributed by atoms with E-state index in [1.54, 1.807) is 23.6 Å². The number of hydrogen-bond donors (Lipinski definition) is 1. The molecule has 0 aliphatic rings. The maximum absolute atomic E-state index is 12.9. The number of thioether (sulfide) groups is 1. The lowest BCUT2D eigenvalue weighted by Crippen LogP contribution is -2.23. The van der Waals surface area contributed by atoms with Gasteiger partial charge in [-0.1, -0.05) is 37.7 Å². The van der Waals surface area contributed by atoms with Gasteiger partial charge in [-0.05, 0) is 38.0 Å². The zero-order valence-corrected chi connectivity index (χ0v) is 20.8. The number of anilines is 1. The number of amides is 1. The van der Waals surface area contributed by atoms with Crippen LogP contribution in [0.25, 0.3) is 16.7 Å². The molecule has 3 heterocycles. The molecule has 4 aromatic rings. The number of carbonyl (C=O) groups excluding carboxylic acids is 2. The molecule has 34 heavy (non-hydrogen) atoms. The number of nitrogens with zero attached hydrogens (tertiary/aromatic N) is 4. The first-order valence-electron chi connectivity index (χ1n) is 11.1. The molecular formula is C23H25N5O4S2. The van der Waals surface area contributed by atoms with Crippen molar-refractivity contribution in [1.82, 2.24) is 19.2 Å². The molecule has 0 fully saturated rings. The van der Waals surface area contributed by atoms with Crippen LogP contribution < -0.4 is 10.9 Å². The van der Waals surface area contributed by atoms with Crippen molar-refractivity contribution in [2.75, 3.05) is 17.7 Å². The topological polar surface area (TPSA) is 108 Å². The number of carbonyl (C=O) groups is 2. The van der Waals surface area contributed by atoms with Crippen molar-refractivity contribution in [1.29, 1.82) is 0 Å². The first-order valence-corrected chi connectivity index (χ1v) is 12.9. The highest BCUT2D eigenvalue weighted by molar-refractivity contribution is 7.99. The number of nitrogens with one attached hydrogen (secondary N) is 1. The van der Waals surface area contributed by atoms with Crippen LogP contribution in [0.1, 0.15) is 42.4 Å². The van der Waals surface area contributed by atoms with Crippen molar-refractivity contribution in [3.63, 3.8) is 0 Å². The Hall–Kier alpha value is -3.18. The molecule has 0 aliphatic carbocycles. The Morgan fingerprint density at radius 1 is 1.18 bits per heavy atom. The second kappa shape index (κ2) is 10.4. The fourth-order valence-corrected chi connectivity index (χ4v) is 5.36. The van der Waals surface area contributed by atoms with E-state index in [2.05, 4.69) is 15.5 Å². The van der Waals surface area contributed by atoms with E-state index in [0.29, 0.717) is 38.9 Å². The molecule has 0 atom stereocenters. The zero-order chi connectivity index (χ0) is 24.2. The zero-order valence-electron chi connectivity index (χ0n) is 19.2. The summed E-state index contributed by atoms with van der Waals surface area (Å²) in [5, 5.41) is 12.9. The lowest BCUT2D eigenvalue weighted by Gasteiger charge is -2.10. The molecule has 1 N–H and O–H groups in total. The Labute approximate surface area is 204 Å².